The number of nitrogens with zero attached hydrogens (tertiary/aromatic N) is 1. The first-order valence-corrected chi connectivity index (χ1v) is 3.48. The van der Waals surface area contributed by atoms with Gasteiger partial charge in [-0.3, -0.25) is 4.98 Å². The van der Waals surface area contributed by atoms with E-state index in [1.807, 2.05) is 0 Å². The highest BCUT2D eigenvalue weighted by Gasteiger charge is 2.37. The molecule has 1 aromatic heterocycles. The summed E-state index contributed by atoms with van der Waals surface area (Å²) in [5.74, 6) is -2.56. The van der Waals surface area contributed by atoms with Gasteiger partial charge in [-0.2, -0.15) is 0 Å². The highest BCUT2D eigenvalue weighted by Crippen LogP contribution is 2.32. The fraction of sp³-hybridized carbons (Fsp3) is 0.375. The maximum atomic E-state index is 12.7. The molecule has 2 rings (SSSR count). The Kier molecular flexibility index (Phi) is 1.22. The zero-order chi connectivity index (χ0) is 7.90. The second-order valence-electron chi connectivity index (χ2n) is 2.82. The van der Waals surface area contributed by atoms with Crippen molar-refractivity contribution in [3.63, 3.8) is 0 Å². The minimum atomic E-state index is -2.56. The van der Waals surface area contributed by atoms with Gasteiger partial charge in [0.2, 0.25) is 0 Å². The van der Waals surface area contributed by atoms with E-state index in [-0.39, 0.29) is 12.8 Å². The number of hydrogen-bond donors (Lipinski definition) is 0. The van der Waals surface area contributed by atoms with E-state index >= 15 is 0 Å². The first-order valence-electron chi connectivity index (χ1n) is 3.48. The lowest BCUT2D eigenvalue weighted by Gasteiger charge is -2.03. The molecule has 1 aliphatic rings. The summed E-state index contributed by atoms with van der Waals surface area (Å²) < 4.78 is 25.4. The van der Waals surface area contributed by atoms with Crippen molar-refractivity contribution in [3.8, 4) is 0 Å². The first-order chi connectivity index (χ1) is 5.17. The van der Waals surface area contributed by atoms with E-state index in [9.17, 15) is 8.78 Å². The Bertz CT molecular complexity index is 256. The molecule has 0 saturated carbocycles. The molecule has 1 aromatic rings. The van der Waals surface area contributed by atoms with Crippen molar-refractivity contribution < 1.29 is 8.78 Å². The number of rotatable bonds is 0. The van der Waals surface area contributed by atoms with Crippen LogP contribution in [0.1, 0.15) is 11.3 Å². The third-order valence-corrected chi connectivity index (χ3v) is 1.86. The van der Waals surface area contributed by atoms with Gasteiger partial charge >= 0.3 is 0 Å². The number of halogens is 2. The van der Waals surface area contributed by atoms with Crippen LogP contribution in [-0.2, 0) is 12.8 Å². The lowest BCUT2D eigenvalue weighted by Crippen LogP contribution is -2.14. The van der Waals surface area contributed by atoms with Gasteiger partial charge in [-0.05, 0) is 11.6 Å². The van der Waals surface area contributed by atoms with Crippen LogP contribution in [0.4, 0.5) is 8.78 Å². The lowest BCUT2D eigenvalue weighted by atomic mass is 10.2. The van der Waals surface area contributed by atoms with Crippen molar-refractivity contribution in [2.24, 2.45) is 0 Å². The van der Waals surface area contributed by atoms with Crippen LogP contribution in [0, 0.1) is 0 Å². The third-order valence-electron chi connectivity index (χ3n) is 1.86. The Morgan fingerprint density at radius 1 is 1.36 bits per heavy atom. The van der Waals surface area contributed by atoms with E-state index < -0.39 is 5.92 Å². The summed E-state index contributed by atoms with van der Waals surface area (Å²) in [6.45, 7) is 0. The van der Waals surface area contributed by atoms with E-state index in [1.54, 1.807) is 18.3 Å². The van der Waals surface area contributed by atoms with Gasteiger partial charge in [0, 0.05) is 18.3 Å². The molecule has 0 atom stereocenters. The fourth-order valence-corrected chi connectivity index (χ4v) is 1.38. The molecule has 1 aliphatic carbocycles. The molecule has 11 heavy (non-hydrogen) atoms. The molecule has 58 valence electrons. The van der Waals surface area contributed by atoms with Gasteiger partial charge in [0.25, 0.3) is 5.92 Å². The van der Waals surface area contributed by atoms with E-state index in [2.05, 4.69) is 4.98 Å². The van der Waals surface area contributed by atoms with Gasteiger partial charge in [0.05, 0.1) is 6.42 Å². The summed E-state index contributed by atoms with van der Waals surface area (Å²) in [5.41, 5.74) is 1.25. The van der Waals surface area contributed by atoms with Crippen LogP contribution >= 0.6 is 0 Å². The van der Waals surface area contributed by atoms with E-state index in [0.717, 1.165) is 0 Å². The van der Waals surface area contributed by atoms with Crippen molar-refractivity contribution in [1.29, 1.82) is 0 Å². The van der Waals surface area contributed by atoms with Crippen LogP contribution in [0.2, 0.25) is 0 Å². The number of pyridine rings is 1. The molecule has 0 bridgehead atoms. The monoisotopic (exact) mass is 155 g/mol. The molecule has 0 spiro atoms. The standard InChI is InChI=1S/C8H7F2N/c9-8(10)4-6-2-1-3-11-7(6)5-8/h1-3H,4-5H2. The van der Waals surface area contributed by atoms with Gasteiger partial charge in [-0.15, -0.1) is 0 Å². The van der Waals surface area contributed by atoms with Crippen LogP contribution in [0.25, 0.3) is 0 Å². The largest absolute Gasteiger partial charge is 0.261 e. The maximum Gasteiger partial charge on any atom is 0.257 e. The highest BCUT2D eigenvalue weighted by molar-refractivity contribution is 5.27. The normalized spacial score (nSPS) is 19.8. The molecule has 0 N–H and O–H groups in total. The first kappa shape index (κ1) is 6.70. The van der Waals surface area contributed by atoms with Crippen LogP contribution in [0.15, 0.2) is 18.3 Å². The molecule has 3 heteroatoms. The van der Waals surface area contributed by atoms with Crippen molar-refractivity contribution in [2.45, 2.75) is 18.8 Å². The molecule has 0 radical (unpaired) electrons. The third kappa shape index (κ3) is 1.11. The average Bonchev–Trinajstić information content (AvgIpc) is 2.21. The summed E-state index contributed by atoms with van der Waals surface area (Å²) in [5, 5.41) is 0. The molecule has 1 heterocycles. The summed E-state index contributed by atoms with van der Waals surface area (Å²) in [4.78, 5) is 3.87. The Labute approximate surface area is 63.1 Å². The quantitative estimate of drug-likeness (QED) is 0.556. The molecular weight excluding hydrogens is 148 g/mol. The second-order valence-corrected chi connectivity index (χ2v) is 2.82. The molecule has 0 amide bonds. The smallest absolute Gasteiger partial charge is 0.257 e. The zero-order valence-corrected chi connectivity index (χ0v) is 5.85. The van der Waals surface area contributed by atoms with Crippen LogP contribution in [0.3, 0.4) is 0 Å². The Morgan fingerprint density at radius 3 is 2.91 bits per heavy atom. The predicted molar refractivity (Wildman–Crippen MR) is 36.6 cm³/mol. The molecular formula is C8H7F2N. The molecule has 1 nitrogen and oxygen atoms in total. The van der Waals surface area contributed by atoms with Crippen molar-refractivity contribution in [1.82, 2.24) is 4.98 Å². The second kappa shape index (κ2) is 2.00. The number of alkyl halides is 2. The van der Waals surface area contributed by atoms with E-state index in [4.69, 9.17) is 0 Å². The van der Waals surface area contributed by atoms with Crippen LogP contribution in [-0.4, -0.2) is 10.9 Å². The van der Waals surface area contributed by atoms with Crippen molar-refractivity contribution in [3.05, 3.63) is 29.6 Å². The molecule has 0 aromatic carbocycles. The van der Waals surface area contributed by atoms with Gasteiger partial charge in [-0.25, -0.2) is 8.78 Å². The van der Waals surface area contributed by atoms with E-state index in [0.29, 0.717) is 11.3 Å². The number of aromatic nitrogens is 1. The molecule has 0 unspecified atom stereocenters. The maximum absolute atomic E-state index is 12.7. The van der Waals surface area contributed by atoms with Gasteiger partial charge < -0.3 is 0 Å². The minimum absolute atomic E-state index is 0.143. The molecule has 0 saturated heterocycles. The topological polar surface area (TPSA) is 12.9 Å². The van der Waals surface area contributed by atoms with Gasteiger partial charge in [0.15, 0.2) is 0 Å². The van der Waals surface area contributed by atoms with Gasteiger partial charge in [-0.1, -0.05) is 6.07 Å². The van der Waals surface area contributed by atoms with Crippen LogP contribution < -0.4 is 0 Å². The summed E-state index contributed by atoms with van der Waals surface area (Å²) in [6, 6.07) is 3.41. The summed E-state index contributed by atoms with van der Waals surface area (Å²) in [6.07, 6.45) is 1.22. The van der Waals surface area contributed by atoms with Crippen LogP contribution in [0.5, 0.6) is 0 Å². The van der Waals surface area contributed by atoms with Crippen molar-refractivity contribution >= 4 is 0 Å². The average molecular weight is 155 g/mol. The number of hydrogen-bond acceptors (Lipinski definition) is 1. The predicted octanol–water partition coefficient (Wildman–Crippen LogP) is 1.82. The molecule has 0 aliphatic heterocycles. The van der Waals surface area contributed by atoms with Crippen molar-refractivity contribution in [2.75, 3.05) is 0 Å². The zero-order valence-electron chi connectivity index (χ0n) is 5.85. The Balaban J connectivity index is 2.41. The molecule has 0 fully saturated rings. The summed E-state index contributed by atoms with van der Waals surface area (Å²) >= 11 is 0. The van der Waals surface area contributed by atoms with Gasteiger partial charge in [0.1, 0.15) is 0 Å². The SMILES string of the molecule is FC1(F)Cc2cccnc2C1. The fourth-order valence-electron chi connectivity index (χ4n) is 1.38. The lowest BCUT2D eigenvalue weighted by molar-refractivity contribution is 0.0126. The summed E-state index contributed by atoms with van der Waals surface area (Å²) in [7, 11) is 0. The number of fused-ring (bicyclic) bond motifs is 1. The highest BCUT2D eigenvalue weighted by atomic mass is 19.3. The van der Waals surface area contributed by atoms with E-state index in [1.165, 1.54) is 0 Å². The minimum Gasteiger partial charge on any atom is -0.261 e. The Morgan fingerprint density at radius 2 is 2.18 bits per heavy atom. The Hall–Kier alpha value is -0.990.